The van der Waals surface area contributed by atoms with E-state index in [4.69, 9.17) is 4.74 Å². The van der Waals surface area contributed by atoms with Gasteiger partial charge in [0.2, 0.25) is 5.91 Å². The van der Waals surface area contributed by atoms with Crippen molar-refractivity contribution in [3.8, 4) is 0 Å². The van der Waals surface area contributed by atoms with Gasteiger partial charge >= 0.3 is 0 Å². The summed E-state index contributed by atoms with van der Waals surface area (Å²) >= 11 is 0. The van der Waals surface area contributed by atoms with Gasteiger partial charge in [0.05, 0.1) is 13.2 Å². The van der Waals surface area contributed by atoms with Gasteiger partial charge in [-0.1, -0.05) is 13.3 Å². The van der Waals surface area contributed by atoms with Crippen LogP contribution in [0.3, 0.4) is 0 Å². The van der Waals surface area contributed by atoms with Crippen LogP contribution in [0, 0.1) is 5.41 Å². The maximum absolute atomic E-state index is 11.7. The second-order valence-corrected chi connectivity index (χ2v) is 4.96. The van der Waals surface area contributed by atoms with Crippen LogP contribution in [0.4, 0.5) is 0 Å². The lowest BCUT2D eigenvalue weighted by Crippen LogP contribution is -2.53. The molecule has 0 aromatic rings. The van der Waals surface area contributed by atoms with Crippen molar-refractivity contribution < 1.29 is 9.53 Å². The van der Waals surface area contributed by atoms with Gasteiger partial charge in [0.15, 0.2) is 0 Å². The smallest absolute Gasteiger partial charge is 0.239 e. The van der Waals surface area contributed by atoms with E-state index in [1.165, 1.54) is 19.3 Å². The predicted octanol–water partition coefficient (Wildman–Crippen LogP) is 0.703. The van der Waals surface area contributed by atoms with Crippen molar-refractivity contribution in [3.05, 3.63) is 0 Å². The quantitative estimate of drug-likeness (QED) is 0.773. The molecule has 0 aromatic heterocycles. The van der Waals surface area contributed by atoms with Crippen LogP contribution in [0.15, 0.2) is 0 Å². The summed E-state index contributed by atoms with van der Waals surface area (Å²) < 4.78 is 5.25. The maximum Gasteiger partial charge on any atom is 0.239 e. The zero-order valence-corrected chi connectivity index (χ0v) is 10.6. The molecular formula is C11H21ClN2O2. The van der Waals surface area contributed by atoms with Crippen LogP contribution in [0.5, 0.6) is 0 Å². The minimum atomic E-state index is -0.151. The summed E-state index contributed by atoms with van der Waals surface area (Å²) in [5.41, 5.74) is 0.352. The van der Waals surface area contributed by atoms with Crippen LogP contribution in [0.2, 0.25) is 0 Å². The lowest BCUT2D eigenvalue weighted by molar-refractivity contribution is -0.126. The minimum absolute atomic E-state index is 0. The number of morpholine rings is 1. The lowest BCUT2D eigenvalue weighted by Gasteiger charge is -2.38. The third-order valence-electron chi connectivity index (χ3n) is 3.49. The second kappa shape index (κ2) is 5.84. The van der Waals surface area contributed by atoms with E-state index in [2.05, 4.69) is 17.6 Å². The van der Waals surface area contributed by atoms with Gasteiger partial charge in [-0.15, -0.1) is 12.4 Å². The first-order valence-electron chi connectivity index (χ1n) is 5.78. The molecule has 4 nitrogen and oxygen atoms in total. The molecule has 2 rings (SSSR count). The van der Waals surface area contributed by atoms with Crippen LogP contribution in [0.1, 0.15) is 26.2 Å². The number of nitrogens with one attached hydrogen (secondary N) is 2. The molecule has 1 aliphatic carbocycles. The zero-order chi connectivity index (χ0) is 10.7. The molecule has 1 aliphatic heterocycles. The average molecular weight is 249 g/mol. The van der Waals surface area contributed by atoms with Crippen LogP contribution in [-0.4, -0.2) is 38.3 Å². The normalized spacial score (nSPS) is 27.4. The summed E-state index contributed by atoms with van der Waals surface area (Å²) in [5.74, 6) is 0.0859. The standard InChI is InChI=1S/C11H20N2O2.ClH/c1-11(3-2-4-11)8-13-10(14)9-7-15-6-5-12-9;/h9,12H,2-8H2,1H3,(H,13,14);1H. The number of carbonyl (C=O) groups is 1. The van der Waals surface area contributed by atoms with E-state index in [1.807, 2.05) is 0 Å². The Morgan fingerprint density at radius 2 is 2.31 bits per heavy atom. The van der Waals surface area contributed by atoms with Crippen LogP contribution in [0.25, 0.3) is 0 Å². The van der Waals surface area contributed by atoms with Crippen molar-refractivity contribution in [2.45, 2.75) is 32.2 Å². The Labute approximate surface area is 103 Å². The monoisotopic (exact) mass is 248 g/mol. The third kappa shape index (κ3) is 3.34. The molecule has 2 aliphatic rings. The lowest BCUT2D eigenvalue weighted by atomic mass is 9.70. The fraction of sp³-hybridized carbons (Fsp3) is 0.909. The Morgan fingerprint density at radius 1 is 1.56 bits per heavy atom. The van der Waals surface area contributed by atoms with Crippen LogP contribution < -0.4 is 10.6 Å². The van der Waals surface area contributed by atoms with E-state index < -0.39 is 0 Å². The molecule has 1 amide bonds. The molecule has 0 bridgehead atoms. The second-order valence-electron chi connectivity index (χ2n) is 4.96. The molecule has 1 saturated heterocycles. The van der Waals surface area contributed by atoms with Gasteiger partial charge in [-0.25, -0.2) is 0 Å². The van der Waals surface area contributed by atoms with Crippen molar-refractivity contribution in [1.29, 1.82) is 0 Å². The molecule has 5 heteroatoms. The highest BCUT2D eigenvalue weighted by molar-refractivity contribution is 5.85. The van der Waals surface area contributed by atoms with Gasteiger partial charge in [-0.05, 0) is 18.3 Å². The van der Waals surface area contributed by atoms with E-state index in [-0.39, 0.29) is 24.4 Å². The van der Waals surface area contributed by atoms with Crippen molar-refractivity contribution in [2.24, 2.45) is 5.41 Å². The number of amides is 1. The fourth-order valence-electron chi connectivity index (χ4n) is 2.11. The molecule has 1 saturated carbocycles. The highest BCUT2D eigenvalue weighted by atomic mass is 35.5. The summed E-state index contributed by atoms with van der Waals surface area (Å²) in [6, 6.07) is -0.151. The predicted molar refractivity (Wildman–Crippen MR) is 64.8 cm³/mol. The Kier molecular flexibility index (Phi) is 5.02. The Morgan fingerprint density at radius 3 is 2.81 bits per heavy atom. The number of rotatable bonds is 3. The SMILES string of the molecule is CC1(CNC(=O)C2COCCN2)CCC1.Cl. The topological polar surface area (TPSA) is 50.4 Å². The van der Waals surface area contributed by atoms with Gasteiger partial charge in [-0.3, -0.25) is 4.79 Å². The van der Waals surface area contributed by atoms with E-state index in [0.29, 0.717) is 18.6 Å². The van der Waals surface area contributed by atoms with Crippen LogP contribution >= 0.6 is 12.4 Å². The van der Waals surface area contributed by atoms with E-state index in [0.717, 1.165) is 13.1 Å². The first kappa shape index (κ1) is 13.7. The van der Waals surface area contributed by atoms with E-state index in [1.54, 1.807) is 0 Å². The molecule has 2 N–H and O–H groups in total. The van der Waals surface area contributed by atoms with Gasteiger partial charge in [0.25, 0.3) is 0 Å². The highest BCUT2D eigenvalue weighted by Crippen LogP contribution is 2.39. The molecule has 0 aromatic carbocycles. The molecular weight excluding hydrogens is 228 g/mol. The van der Waals surface area contributed by atoms with E-state index >= 15 is 0 Å². The van der Waals surface area contributed by atoms with Crippen molar-refractivity contribution in [3.63, 3.8) is 0 Å². The van der Waals surface area contributed by atoms with Crippen LogP contribution in [-0.2, 0) is 9.53 Å². The Hall–Kier alpha value is -0.320. The molecule has 0 spiro atoms. The zero-order valence-electron chi connectivity index (χ0n) is 9.75. The fourth-order valence-corrected chi connectivity index (χ4v) is 2.11. The molecule has 0 radical (unpaired) electrons. The molecule has 1 unspecified atom stereocenters. The molecule has 16 heavy (non-hydrogen) atoms. The van der Waals surface area contributed by atoms with Crippen molar-refractivity contribution in [2.75, 3.05) is 26.3 Å². The van der Waals surface area contributed by atoms with Gasteiger partial charge < -0.3 is 15.4 Å². The first-order chi connectivity index (χ1) is 7.20. The Balaban J connectivity index is 0.00000128. The summed E-state index contributed by atoms with van der Waals surface area (Å²) in [5, 5.41) is 6.17. The summed E-state index contributed by atoms with van der Waals surface area (Å²) in [4.78, 5) is 11.7. The van der Waals surface area contributed by atoms with E-state index in [9.17, 15) is 4.79 Å². The summed E-state index contributed by atoms with van der Waals surface area (Å²) in [7, 11) is 0. The number of hydrogen-bond acceptors (Lipinski definition) is 3. The highest BCUT2D eigenvalue weighted by Gasteiger charge is 2.32. The third-order valence-corrected chi connectivity index (χ3v) is 3.49. The van der Waals surface area contributed by atoms with Gasteiger partial charge in [-0.2, -0.15) is 0 Å². The first-order valence-corrected chi connectivity index (χ1v) is 5.78. The minimum Gasteiger partial charge on any atom is -0.378 e. The van der Waals surface area contributed by atoms with Crippen molar-refractivity contribution >= 4 is 18.3 Å². The van der Waals surface area contributed by atoms with Gasteiger partial charge in [0.1, 0.15) is 6.04 Å². The number of carbonyl (C=O) groups excluding carboxylic acids is 1. The molecule has 94 valence electrons. The largest absolute Gasteiger partial charge is 0.378 e. The Bertz CT molecular complexity index is 238. The number of halogens is 1. The number of ether oxygens (including phenoxy) is 1. The molecule has 1 atom stereocenters. The molecule has 2 fully saturated rings. The maximum atomic E-state index is 11.7. The van der Waals surface area contributed by atoms with Crippen molar-refractivity contribution in [1.82, 2.24) is 10.6 Å². The molecule has 1 heterocycles. The summed E-state index contributed by atoms with van der Waals surface area (Å²) in [6.07, 6.45) is 3.78. The average Bonchev–Trinajstić information content (AvgIpc) is 2.24. The number of hydrogen-bond donors (Lipinski definition) is 2. The summed E-state index contributed by atoms with van der Waals surface area (Å²) in [6.45, 7) is 5.03. The van der Waals surface area contributed by atoms with Gasteiger partial charge in [0, 0.05) is 13.1 Å².